The number of rotatable bonds is 6. The summed E-state index contributed by atoms with van der Waals surface area (Å²) in [5.41, 5.74) is 1.52. The van der Waals surface area contributed by atoms with Crippen LogP contribution >= 0.6 is 0 Å². The number of carbonyl (C=O) groups excluding carboxylic acids is 1. The van der Waals surface area contributed by atoms with E-state index in [-0.39, 0.29) is 12.6 Å². The number of benzene rings is 1. The van der Waals surface area contributed by atoms with Gasteiger partial charge in [0.1, 0.15) is 6.61 Å². The van der Waals surface area contributed by atoms with Gasteiger partial charge in [0, 0.05) is 6.42 Å². The van der Waals surface area contributed by atoms with Crippen molar-refractivity contribution in [1.82, 2.24) is 0 Å². The molecule has 0 aliphatic rings. The summed E-state index contributed by atoms with van der Waals surface area (Å²) in [5.74, 6) is -0.150. The fraction of sp³-hybridized carbons (Fsp3) is 0.429. The second-order valence-electron chi connectivity index (χ2n) is 3.93. The zero-order valence-corrected chi connectivity index (χ0v) is 10.1. The summed E-state index contributed by atoms with van der Waals surface area (Å²) in [6.07, 6.45) is 3.54. The van der Waals surface area contributed by atoms with Gasteiger partial charge in [-0.25, -0.2) is 0 Å². The Morgan fingerprint density at radius 3 is 2.59 bits per heavy atom. The maximum absolute atomic E-state index is 11.3. The van der Waals surface area contributed by atoms with E-state index in [0.717, 1.165) is 24.8 Å². The molecular weight excluding hydrogens is 214 g/mol. The van der Waals surface area contributed by atoms with Crippen LogP contribution in [-0.2, 0) is 16.1 Å². The predicted molar refractivity (Wildman–Crippen MR) is 65.1 cm³/mol. The van der Waals surface area contributed by atoms with Gasteiger partial charge in [0.25, 0.3) is 0 Å². The molecule has 0 aromatic heterocycles. The second kappa shape index (κ2) is 7.45. The van der Waals surface area contributed by atoms with Gasteiger partial charge in [-0.1, -0.05) is 31.9 Å². The molecule has 3 heteroatoms. The molecule has 0 unspecified atom stereocenters. The number of nitrogens with zero attached hydrogens (tertiary/aromatic N) is 1. The number of esters is 1. The van der Waals surface area contributed by atoms with Gasteiger partial charge in [0.2, 0.25) is 0 Å². The lowest BCUT2D eigenvalue weighted by Gasteiger charge is -2.04. The molecule has 17 heavy (non-hydrogen) atoms. The highest BCUT2D eigenvalue weighted by atomic mass is 16.5. The Morgan fingerprint density at radius 1 is 1.29 bits per heavy atom. The smallest absolute Gasteiger partial charge is 0.306 e. The fourth-order valence-electron chi connectivity index (χ4n) is 1.43. The number of hydrogen-bond donors (Lipinski definition) is 0. The Morgan fingerprint density at radius 2 is 2.00 bits per heavy atom. The lowest BCUT2D eigenvalue weighted by molar-refractivity contribution is -0.145. The van der Waals surface area contributed by atoms with Gasteiger partial charge in [-0.2, -0.15) is 5.26 Å². The van der Waals surface area contributed by atoms with Crippen LogP contribution in [0, 0.1) is 11.3 Å². The van der Waals surface area contributed by atoms with Crippen molar-refractivity contribution in [2.75, 3.05) is 0 Å². The van der Waals surface area contributed by atoms with Crippen molar-refractivity contribution in [2.24, 2.45) is 0 Å². The molecule has 1 aromatic carbocycles. The highest BCUT2D eigenvalue weighted by Crippen LogP contribution is 2.06. The minimum Gasteiger partial charge on any atom is -0.461 e. The molecule has 0 saturated heterocycles. The molecule has 1 rings (SSSR count). The van der Waals surface area contributed by atoms with Crippen molar-refractivity contribution >= 4 is 5.97 Å². The van der Waals surface area contributed by atoms with Gasteiger partial charge < -0.3 is 4.74 Å². The first-order valence-corrected chi connectivity index (χ1v) is 5.91. The zero-order chi connectivity index (χ0) is 12.5. The third-order valence-electron chi connectivity index (χ3n) is 2.47. The van der Waals surface area contributed by atoms with Crippen LogP contribution in [0.1, 0.15) is 43.7 Å². The molecule has 0 bridgehead atoms. The normalized spacial score (nSPS) is 9.65. The number of hydrogen-bond acceptors (Lipinski definition) is 3. The summed E-state index contributed by atoms with van der Waals surface area (Å²) in [5, 5.41) is 8.63. The van der Waals surface area contributed by atoms with E-state index < -0.39 is 0 Å². The zero-order valence-electron chi connectivity index (χ0n) is 10.1. The van der Waals surface area contributed by atoms with Crippen molar-refractivity contribution < 1.29 is 9.53 Å². The van der Waals surface area contributed by atoms with E-state index in [1.54, 1.807) is 24.3 Å². The first-order valence-electron chi connectivity index (χ1n) is 5.91. The molecule has 0 amide bonds. The van der Waals surface area contributed by atoms with Crippen LogP contribution < -0.4 is 0 Å². The number of ether oxygens (including phenoxy) is 1. The minimum atomic E-state index is -0.150. The van der Waals surface area contributed by atoms with Gasteiger partial charge in [-0.05, 0) is 24.1 Å². The molecule has 90 valence electrons. The highest BCUT2D eigenvalue weighted by Gasteiger charge is 2.02. The summed E-state index contributed by atoms with van der Waals surface area (Å²) in [6.45, 7) is 2.39. The highest BCUT2D eigenvalue weighted by molar-refractivity contribution is 5.69. The molecular formula is C14H17NO2. The molecule has 0 atom stereocenters. The quantitative estimate of drug-likeness (QED) is 0.558. The van der Waals surface area contributed by atoms with Gasteiger partial charge in [-0.3, -0.25) is 4.79 Å². The maximum Gasteiger partial charge on any atom is 0.306 e. The lowest BCUT2D eigenvalue weighted by atomic mass is 10.1. The average Bonchev–Trinajstić information content (AvgIpc) is 2.37. The van der Waals surface area contributed by atoms with Crippen LogP contribution in [0.3, 0.4) is 0 Å². The van der Waals surface area contributed by atoms with Crippen molar-refractivity contribution in [3.8, 4) is 6.07 Å². The van der Waals surface area contributed by atoms with Gasteiger partial charge in [-0.15, -0.1) is 0 Å². The van der Waals surface area contributed by atoms with E-state index >= 15 is 0 Å². The van der Waals surface area contributed by atoms with Crippen LogP contribution in [-0.4, -0.2) is 5.97 Å². The van der Waals surface area contributed by atoms with E-state index in [1.807, 2.05) is 6.07 Å². The molecule has 0 spiro atoms. The van der Waals surface area contributed by atoms with E-state index in [0.29, 0.717) is 12.0 Å². The molecule has 1 aromatic rings. The molecule has 0 fully saturated rings. The van der Waals surface area contributed by atoms with Crippen molar-refractivity contribution in [3.63, 3.8) is 0 Å². The largest absolute Gasteiger partial charge is 0.461 e. The molecule has 0 saturated carbocycles. The maximum atomic E-state index is 11.3. The predicted octanol–water partition coefficient (Wildman–Crippen LogP) is 3.18. The first-order chi connectivity index (χ1) is 8.26. The number of nitriles is 1. The monoisotopic (exact) mass is 231 g/mol. The molecule has 0 N–H and O–H groups in total. The summed E-state index contributed by atoms with van der Waals surface area (Å²) in [7, 11) is 0. The van der Waals surface area contributed by atoms with Gasteiger partial charge in [0.05, 0.1) is 11.6 Å². The molecule has 3 nitrogen and oxygen atoms in total. The standard InChI is InChI=1S/C14H17NO2/c1-2-3-4-5-14(16)17-11-13-8-6-12(10-15)7-9-13/h6-9H,2-5,11H2,1H3. The second-order valence-corrected chi connectivity index (χ2v) is 3.93. The summed E-state index contributed by atoms with van der Waals surface area (Å²) in [6, 6.07) is 9.10. The third kappa shape index (κ3) is 5.17. The van der Waals surface area contributed by atoms with E-state index in [2.05, 4.69) is 6.92 Å². The van der Waals surface area contributed by atoms with Crippen LogP contribution in [0.15, 0.2) is 24.3 Å². The summed E-state index contributed by atoms with van der Waals surface area (Å²) in [4.78, 5) is 11.3. The topological polar surface area (TPSA) is 50.1 Å². The van der Waals surface area contributed by atoms with Gasteiger partial charge >= 0.3 is 5.97 Å². The van der Waals surface area contributed by atoms with Crippen LogP contribution in [0.4, 0.5) is 0 Å². The van der Waals surface area contributed by atoms with E-state index in [1.165, 1.54) is 0 Å². The molecule has 0 heterocycles. The average molecular weight is 231 g/mol. The Kier molecular flexibility index (Phi) is 5.81. The Labute approximate surface area is 102 Å². The van der Waals surface area contributed by atoms with Crippen molar-refractivity contribution in [3.05, 3.63) is 35.4 Å². The number of unbranched alkanes of at least 4 members (excludes halogenated alkanes) is 2. The Bertz CT molecular complexity index is 390. The minimum absolute atomic E-state index is 0.150. The SMILES string of the molecule is CCCCCC(=O)OCc1ccc(C#N)cc1. The van der Waals surface area contributed by atoms with Crippen molar-refractivity contribution in [2.45, 2.75) is 39.2 Å². The first kappa shape index (κ1) is 13.2. The van der Waals surface area contributed by atoms with Crippen LogP contribution in [0.5, 0.6) is 0 Å². The number of carbonyl (C=O) groups is 1. The fourth-order valence-corrected chi connectivity index (χ4v) is 1.43. The summed E-state index contributed by atoms with van der Waals surface area (Å²) < 4.78 is 5.13. The van der Waals surface area contributed by atoms with Gasteiger partial charge in [0.15, 0.2) is 0 Å². The molecule has 0 aliphatic carbocycles. The third-order valence-corrected chi connectivity index (χ3v) is 2.47. The summed E-state index contributed by atoms with van der Waals surface area (Å²) >= 11 is 0. The molecule has 0 radical (unpaired) electrons. The van der Waals surface area contributed by atoms with E-state index in [9.17, 15) is 4.79 Å². The van der Waals surface area contributed by atoms with Crippen LogP contribution in [0.2, 0.25) is 0 Å². The Balaban J connectivity index is 2.30. The Hall–Kier alpha value is -1.82. The van der Waals surface area contributed by atoms with E-state index in [4.69, 9.17) is 10.00 Å². The molecule has 0 aliphatic heterocycles. The van der Waals surface area contributed by atoms with Crippen molar-refractivity contribution in [1.29, 1.82) is 5.26 Å². The lowest BCUT2D eigenvalue weighted by Crippen LogP contribution is -2.04. The van der Waals surface area contributed by atoms with Crippen LogP contribution in [0.25, 0.3) is 0 Å².